The van der Waals surface area contributed by atoms with Gasteiger partial charge in [0.25, 0.3) is 0 Å². The fourth-order valence-electron chi connectivity index (χ4n) is 10.5. The molecule has 41 heavy (non-hydrogen) atoms. The smallest absolute Gasteiger partial charge is 0.234 e. The lowest BCUT2D eigenvalue weighted by atomic mass is 9.34. The molecule has 5 fully saturated rings. The first-order valence-electron chi connectivity index (χ1n) is 15.6. The maximum Gasteiger partial charge on any atom is 0.234 e. The zero-order valence-electron chi connectivity index (χ0n) is 24.5. The van der Waals surface area contributed by atoms with Crippen LogP contribution in [0, 0.1) is 17.3 Å². The van der Waals surface area contributed by atoms with Gasteiger partial charge in [0.05, 0.1) is 13.2 Å². The molecule has 6 unspecified atom stereocenters. The van der Waals surface area contributed by atoms with Crippen LogP contribution in [0.1, 0.15) is 68.2 Å². The molecular weight excluding hydrogens is 514 g/mol. The van der Waals surface area contributed by atoms with E-state index in [1.807, 2.05) is 14.0 Å². The molecule has 7 heteroatoms. The number of methoxy groups -OCH3 is 2. The summed E-state index contributed by atoms with van der Waals surface area (Å²) in [5.41, 5.74) is 9.30. The summed E-state index contributed by atoms with van der Waals surface area (Å²) in [4.78, 5) is 15.2. The van der Waals surface area contributed by atoms with Gasteiger partial charge in [-0.3, -0.25) is 15.0 Å². The molecule has 2 aromatic rings. The fourth-order valence-corrected chi connectivity index (χ4v) is 10.5. The van der Waals surface area contributed by atoms with Gasteiger partial charge in [0.1, 0.15) is 11.7 Å². The molecule has 4 saturated carbocycles. The molecule has 7 aliphatic rings. The van der Waals surface area contributed by atoms with Crippen LogP contribution in [-0.2, 0) is 21.4 Å². The van der Waals surface area contributed by atoms with Crippen molar-refractivity contribution in [2.24, 2.45) is 23.0 Å². The molecule has 1 saturated heterocycles. The van der Waals surface area contributed by atoms with E-state index in [-0.39, 0.29) is 34.8 Å². The minimum Gasteiger partial charge on any atom is -0.493 e. The molecule has 2 aromatic carbocycles. The Balaban J connectivity index is 1.33. The first-order chi connectivity index (χ1) is 19.9. The predicted octanol–water partition coefficient (Wildman–Crippen LogP) is 4.12. The molecule has 5 aliphatic carbocycles. The first kappa shape index (κ1) is 26.1. The molecule has 0 aromatic heterocycles. The SMILES string of the molecule is COc1ccc2c3c1OC1C4(OC)CCC5(C[C@@H]4C(NC(C)C(N)=O)c4ccccc4)[C@@H](C2)N(CC2CC2)CCC315. The van der Waals surface area contributed by atoms with Crippen LogP contribution >= 0.6 is 0 Å². The number of benzene rings is 2. The molecule has 8 atom stereocenters. The molecular formula is C34H43N3O4. The fraction of sp³-hybridized carbons (Fsp3) is 0.618. The average Bonchev–Trinajstić information content (AvgIpc) is 3.74. The standard InChI is InChI=1S/C34H43N3O4/c1-20(30(35)38)36-28(22-7-5-4-6-8-22)24-18-32-13-14-34(24,40-3)31-33(32)15-16-37(19-21-9-10-21)26(32)17-23-11-12-25(39-2)29(41-31)27(23)33/h4-8,11-12,20-21,24,26,28,31,36H,9-10,13-19H2,1-3H3,(H2,35,38)/t20?,24-,26-,28?,31?,32?,33?,34?/m1/s1. The Morgan fingerprint density at radius 1 is 1.15 bits per heavy atom. The Labute approximate surface area is 243 Å². The number of fused-ring (bicyclic) bond motifs is 2. The maximum atomic E-state index is 12.4. The largest absolute Gasteiger partial charge is 0.493 e. The normalized spacial score (nSPS) is 37.7. The van der Waals surface area contributed by atoms with Crippen molar-refractivity contribution in [3.63, 3.8) is 0 Å². The second kappa shape index (κ2) is 8.95. The van der Waals surface area contributed by atoms with Crippen molar-refractivity contribution in [2.75, 3.05) is 27.3 Å². The summed E-state index contributed by atoms with van der Waals surface area (Å²) < 4.78 is 20.0. The second-order valence-electron chi connectivity index (χ2n) is 13.8. The van der Waals surface area contributed by atoms with E-state index in [4.69, 9.17) is 19.9 Å². The lowest BCUT2D eigenvalue weighted by Crippen LogP contribution is -2.81. The minimum atomic E-state index is -0.519. The second-order valence-corrected chi connectivity index (χ2v) is 13.8. The van der Waals surface area contributed by atoms with Crippen molar-refractivity contribution < 1.29 is 19.0 Å². The van der Waals surface area contributed by atoms with Crippen molar-refractivity contribution >= 4 is 5.91 Å². The Morgan fingerprint density at radius 3 is 2.66 bits per heavy atom. The summed E-state index contributed by atoms with van der Waals surface area (Å²) in [6.45, 7) is 4.21. The van der Waals surface area contributed by atoms with Crippen LogP contribution in [-0.4, -0.2) is 61.9 Å². The number of amides is 1. The number of nitrogens with zero attached hydrogens (tertiary/aromatic N) is 1. The molecule has 218 valence electrons. The van der Waals surface area contributed by atoms with Crippen LogP contribution in [0.5, 0.6) is 11.5 Å². The number of nitrogens with one attached hydrogen (secondary N) is 1. The van der Waals surface area contributed by atoms with Gasteiger partial charge in [0, 0.05) is 48.0 Å². The summed E-state index contributed by atoms with van der Waals surface area (Å²) in [6.07, 6.45) is 7.87. The monoisotopic (exact) mass is 557 g/mol. The van der Waals surface area contributed by atoms with Crippen LogP contribution in [0.4, 0.5) is 0 Å². The molecule has 4 bridgehead atoms. The van der Waals surface area contributed by atoms with Gasteiger partial charge in [0.15, 0.2) is 11.5 Å². The van der Waals surface area contributed by atoms with Gasteiger partial charge in [-0.05, 0) is 81.5 Å². The molecule has 9 rings (SSSR count). The number of piperidine rings is 1. The van der Waals surface area contributed by atoms with E-state index in [1.54, 1.807) is 7.11 Å². The molecule has 2 spiro atoms. The molecule has 3 N–H and O–H groups in total. The van der Waals surface area contributed by atoms with E-state index in [0.717, 1.165) is 56.1 Å². The Bertz CT molecular complexity index is 1380. The van der Waals surface area contributed by atoms with Gasteiger partial charge >= 0.3 is 0 Å². The summed E-state index contributed by atoms with van der Waals surface area (Å²) >= 11 is 0. The molecule has 0 radical (unpaired) electrons. The van der Waals surface area contributed by atoms with Crippen LogP contribution in [0.25, 0.3) is 0 Å². The lowest BCUT2D eigenvalue weighted by molar-refractivity contribution is -0.282. The number of primary amides is 1. The average molecular weight is 558 g/mol. The van der Waals surface area contributed by atoms with Crippen molar-refractivity contribution in [3.8, 4) is 11.5 Å². The number of hydrogen-bond acceptors (Lipinski definition) is 6. The molecule has 7 nitrogen and oxygen atoms in total. The first-order valence-corrected chi connectivity index (χ1v) is 15.6. The molecule has 1 amide bonds. The van der Waals surface area contributed by atoms with E-state index >= 15 is 0 Å². The topological polar surface area (TPSA) is 86.0 Å². The molecule has 2 aliphatic heterocycles. The Hall–Kier alpha value is -2.61. The van der Waals surface area contributed by atoms with E-state index in [9.17, 15) is 4.79 Å². The van der Waals surface area contributed by atoms with E-state index in [0.29, 0.717) is 6.04 Å². The third kappa shape index (κ3) is 3.29. The minimum absolute atomic E-state index is 0.0606. The van der Waals surface area contributed by atoms with Crippen LogP contribution in [0.2, 0.25) is 0 Å². The zero-order valence-corrected chi connectivity index (χ0v) is 24.5. The van der Waals surface area contributed by atoms with Crippen molar-refractivity contribution in [2.45, 2.75) is 87.1 Å². The summed E-state index contributed by atoms with van der Waals surface area (Å²) in [6, 6.07) is 14.9. The third-order valence-corrected chi connectivity index (χ3v) is 12.3. The van der Waals surface area contributed by atoms with E-state index in [2.05, 4.69) is 52.7 Å². The van der Waals surface area contributed by atoms with Gasteiger partial charge in [-0.25, -0.2) is 0 Å². The van der Waals surface area contributed by atoms with Crippen molar-refractivity contribution in [3.05, 3.63) is 59.2 Å². The van der Waals surface area contributed by atoms with Gasteiger partial charge in [-0.15, -0.1) is 0 Å². The number of carbonyl (C=O) groups excluding carboxylic acids is 1. The Morgan fingerprint density at radius 2 is 1.95 bits per heavy atom. The van der Waals surface area contributed by atoms with Crippen LogP contribution < -0.4 is 20.5 Å². The summed E-state index contributed by atoms with van der Waals surface area (Å²) in [5, 5.41) is 3.70. The number of nitrogens with two attached hydrogens (primary N) is 1. The highest BCUT2D eigenvalue weighted by Gasteiger charge is 2.81. The number of hydrogen-bond donors (Lipinski definition) is 2. The van der Waals surface area contributed by atoms with Crippen LogP contribution in [0.3, 0.4) is 0 Å². The van der Waals surface area contributed by atoms with E-state index in [1.165, 1.54) is 36.1 Å². The summed E-state index contributed by atoms with van der Waals surface area (Å²) in [7, 11) is 3.64. The third-order valence-electron chi connectivity index (χ3n) is 12.3. The molecule has 2 heterocycles. The highest BCUT2D eigenvalue weighted by Crippen LogP contribution is 2.77. The lowest BCUT2D eigenvalue weighted by Gasteiger charge is -2.74. The highest BCUT2D eigenvalue weighted by molar-refractivity contribution is 5.79. The van der Waals surface area contributed by atoms with Gasteiger partial charge in [-0.1, -0.05) is 36.4 Å². The quantitative estimate of drug-likeness (QED) is 0.483. The zero-order chi connectivity index (χ0) is 28.1. The highest BCUT2D eigenvalue weighted by atomic mass is 16.6. The number of likely N-dealkylation sites (tertiary alicyclic amines) is 1. The van der Waals surface area contributed by atoms with Gasteiger partial charge in [-0.2, -0.15) is 0 Å². The maximum absolute atomic E-state index is 12.4. The van der Waals surface area contributed by atoms with Crippen LogP contribution in [0.15, 0.2) is 42.5 Å². The van der Waals surface area contributed by atoms with Gasteiger partial charge < -0.3 is 19.9 Å². The van der Waals surface area contributed by atoms with Crippen molar-refractivity contribution in [1.29, 1.82) is 0 Å². The number of rotatable bonds is 9. The Kier molecular flexibility index (Phi) is 5.68. The number of ether oxygens (including phenoxy) is 3. The van der Waals surface area contributed by atoms with Gasteiger partial charge in [0.2, 0.25) is 5.91 Å². The van der Waals surface area contributed by atoms with E-state index < -0.39 is 11.6 Å². The van der Waals surface area contributed by atoms with Crippen molar-refractivity contribution in [1.82, 2.24) is 10.2 Å². The predicted molar refractivity (Wildman–Crippen MR) is 156 cm³/mol. The number of carbonyl (C=O) groups is 1. The summed E-state index contributed by atoms with van der Waals surface area (Å²) in [5.74, 6) is 2.40.